The summed E-state index contributed by atoms with van der Waals surface area (Å²) in [5.74, 6) is 0.950. The zero-order valence-corrected chi connectivity index (χ0v) is 12.6. The number of carbonyl (C=O) groups excluding carboxylic acids is 1. The maximum atomic E-state index is 12.3. The van der Waals surface area contributed by atoms with E-state index in [1.54, 1.807) is 0 Å². The molecule has 1 aliphatic heterocycles. The number of benzene rings is 1. The monoisotopic (exact) mass is 274 g/mol. The van der Waals surface area contributed by atoms with Gasteiger partial charge in [-0.25, -0.2) is 0 Å². The molecule has 0 aliphatic carbocycles. The van der Waals surface area contributed by atoms with Gasteiger partial charge in [0.1, 0.15) is 0 Å². The quantitative estimate of drug-likeness (QED) is 0.808. The van der Waals surface area contributed by atoms with Gasteiger partial charge in [0.15, 0.2) is 0 Å². The molecule has 1 N–H and O–H groups in total. The number of unbranched alkanes of at least 4 members (excludes halogenated alkanes) is 1. The molecule has 3 heteroatoms. The minimum absolute atomic E-state index is 0.175. The van der Waals surface area contributed by atoms with Gasteiger partial charge in [-0.2, -0.15) is 0 Å². The van der Waals surface area contributed by atoms with Crippen LogP contribution < -0.4 is 5.32 Å². The van der Waals surface area contributed by atoms with E-state index < -0.39 is 0 Å². The van der Waals surface area contributed by atoms with Gasteiger partial charge in [0.2, 0.25) is 5.91 Å². The number of hydrogen-bond acceptors (Lipinski definition) is 2. The van der Waals surface area contributed by atoms with Crippen molar-refractivity contribution in [3.8, 4) is 0 Å². The zero-order chi connectivity index (χ0) is 14.4. The van der Waals surface area contributed by atoms with Crippen LogP contribution >= 0.6 is 0 Å². The lowest BCUT2D eigenvalue weighted by molar-refractivity contribution is -0.134. The van der Waals surface area contributed by atoms with Crippen LogP contribution in [0.2, 0.25) is 0 Å². The van der Waals surface area contributed by atoms with Crippen LogP contribution in [0.1, 0.15) is 25.3 Å². The molecule has 1 amide bonds. The lowest BCUT2D eigenvalue weighted by Gasteiger charge is -2.22. The standard InChI is InChI=1S/C17H26N2O/c1-14-12-18-13-16(14)17(20)19(2)11-7-6-10-15-8-4-3-5-9-15/h3-5,8-9,14,16,18H,6-7,10-13H2,1-2H3. The van der Waals surface area contributed by atoms with E-state index in [1.165, 1.54) is 5.56 Å². The van der Waals surface area contributed by atoms with Crippen molar-refractivity contribution in [1.29, 1.82) is 0 Å². The van der Waals surface area contributed by atoms with E-state index in [1.807, 2.05) is 18.0 Å². The SMILES string of the molecule is CC1CNCC1C(=O)N(C)CCCCc1ccccc1. The Bertz CT molecular complexity index is 418. The average Bonchev–Trinajstić information content (AvgIpc) is 2.90. The molecule has 0 radical (unpaired) electrons. The lowest BCUT2D eigenvalue weighted by atomic mass is 9.96. The molecule has 1 fully saturated rings. The fourth-order valence-electron chi connectivity index (χ4n) is 2.86. The van der Waals surface area contributed by atoms with Gasteiger partial charge in [0.25, 0.3) is 0 Å². The van der Waals surface area contributed by atoms with E-state index in [9.17, 15) is 4.79 Å². The first-order chi connectivity index (χ1) is 9.68. The first-order valence-corrected chi connectivity index (χ1v) is 7.68. The first kappa shape index (κ1) is 15.0. The maximum Gasteiger partial charge on any atom is 0.227 e. The van der Waals surface area contributed by atoms with Crippen LogP contribution in [0.15, 0.2) is 30.3 Å². The van der Waals surface area contributed by atoms with E-state index in [-0.39, 0.29) is 5.92 Å². The largest absolute Gasteiger partial charge is 0.345 e. The summed E-state index contributed by atoms with van der Waals surface area (Å²) in [6, 6.07) is 10.5. The Hall–Kier alpha value is -1.35. The Labute approximate surface area is 122 Å². The fraction of sp³-hybridized carbons (Fsp3) is 0.588. The topological polar surface area (TPSA) is 32.3 Å². The Morgan fingerprint density at radius 1 is 1.25 bits per heavy atom. The highest BCUT2D eigenvalue weighted by molar-refractivity contribution is 5.79. The lowest BCUT2D eigenvalue weighted by Crippen LogP contribution is -2.36. The summed E-state index contributed by atoms with van der Waals surface area (Å²) in [4.78, 5) is 14.2. The van der Waals surface area contributed by atoms with Crippen molar-refractivity contribution in [1.82, 2.24) is 10.2 Å². The van der Waals surface area contributed by atoms with Gasteiger partial charge in [0.05, 0.1) is 5.92 Å². The number of nitrogens with zero attached hydrogens (tertiary/aromatic N) is 1. The van der Waals surface area contributed by atoms with Gasteiger partial charge < -0.3 is 10.2 Å². The molecule has 0 bridgehead atoms. The second-order valence-electron chi connectivity index (χ2n) is 5.94. The maximum absolute atomic E-state index is 12.3. The third-order valence-corrected chi connectivity index (χ3v) is 4.26. The molecule has 20 heavy (non-hydrogen) atoms. The predicted molar refractivity (Wildman–Crippen MR) is 82.5 cm³/mol. The molecule has 2 unspecified atom stereocenters. The zero-order valence-electron chi connectivity index (χ0n) is 12.6. The first-order valence-electron chi connectivity index (χ1n) is 7.68. The third-order valence-electron chi connectivity index (χ3n) is 4.26. The van der Waals surface area contributed by atoms with Crippen molar-refractivity contribution in [2.24, 2.45) is 11.8 Å². The molecule has 0 saturated carbocycles. The molecule has 2 rings (SSSR count). The Balaban J connectivity index is 1.67. The molecule has 110 valence electrons. The van der Waals surface area contributed by atoms with Gasteiger partial charge >= 0.3 is 0 Å². The highest BCUT2D eigenvalue weighted by atomic mass is 16.2. The summed E-state index contributed by atoms with van der Waals surface area (Å²) in [5.41, 5.74) is 1.38. The third kappa shape index (κ3) is 4.07. The second kappa shape index (κ2) is 7.44. The number of aryl methyl sites for hydroxylation is 1. The number of amides is 1. The molecule has 2 atom stereocenters. The van der Waals surface area contributed by atoms with Crippen LogP contribution in [0.5, 0.6) is 0 Å². The molecule has 0 aromatic heterocycles. The van der Waals surface area contributed by atoms with E-state index in [0.717, 1.165) is 38.9 Å². The summed E-state index contributed by atoms with van der Waals surface area (Å²) in [5, 5.41) is 3.30. The molecular formula is C17H26N2O. The van der Waals surface area contributed by atoms with Gasteiger partial charge in [-0.1, -0.05) is 37.3 Å². The van der Waals surface area contributed by atoms with Gasteiger partial charge in [-0.15, -0.1) is 0 Å². The highest BCUT2D eigenvalue weighted by Crippen LogP contribution is 2.18. The van der Waals surface area contributed by atoms with E-state index in [4.69, 9.17) is 0 Å². The normalized spacial score (nSPS) is 21.9. The summed E-state index contributed by atoms with van der Waals surface area (Å²) in [6.07, 6.45) is 3.32. The Kier molecular flexibility index (Phi) is 5.60. The molecular weight excluding hydrogens is 248 g/mol. The van der Waals surface area contributed by atoms with Crippen molar-refractivity contribution < 1.29 is 4.79 Å². The van der Waals surface area contributed by atoms with Crippen LogP contribution in [0.3, 0.4) is 0 Å². The Morgan fingerprint density at radius 3 is 2.65 bits per heavy atom. The van der Waals surface area contributed by atoms with Crippen LogP contribution in [0.4, 0.5) is 0 Å². The predicted octanol–water partition coefficient (Wildman–Crippen LogP) is 2.32. The number of rotatable bonds is 6. The minimum Gasteiger partial charge on any atom is -0.345 e. The molecule has 0 spiro atoms. The molecule has 1 aliphatic rings. The van der Waals surface area contributed by atoms with Gasteiger partial charge in [-0.3, -0.25) is 4.79 Å². The smallest absolute Gasteiger partial charge is 0.227 e. The van der Waals surface area contributed by atoms with E-state index in [2.05, 4.69) is 36.5 Å². The molecule has 1 aromatic rings. The second-order valence-corrected chi connectivity index (χ2v) is 5.94. The Morgan fingerprint density at radius 2 is 2.00 bits per heavy atom. The van der Waals surface area contributed by atoms with Crippen molar-refractivity contribution in [3.05, 3.63) is 35.9 Å². The fourth-order valence-corrected chi connectivity index (χ4v) is 2.86. The van der Waals surface area contributed by atoms with Crippen molar-refractivity contribution in [2.45, 2.75) is 26.2 Å². The number of carbonyl (C=O) groups is 1. The highest BCUT2D eigenvalue weighted by Gasteiger charge is 2.31. The van der Waals surface area contributed by atoms with Crippen LogP contribution in [0, 0.1) is 11.8 Å². The molecule has 1 heterocycles. The van der Waals surface area contributed by atoms with Crippen LogP contribution in [0.25, 0.3) is 0 Å². The number of nitrogens with one attached hydrogen (secondary N) is 1. The average molecular weight is 274 g/mol. The van der Waals surface area contributed by atoms with E-state index >= 15 is 0 Å². The summed E-state index contributed by atoms with van der Waals surface area (Å²) >= 11 is 0. The van der Waals surface area contributed by atoms with Crippen LogP contribution in [-0.4, -0.2) is 37.5 Å². The van der Waals surface area contributed by atoms with Crippen molar-refractivity contribution in [3.63, 3.8) is 0 Å². The minimum atomic E-state index is 0.175. The van der Waals surface area contributed by atoms with E-state index in [0.29, 0.717) is 11.8 Å². The summed E-state index contributed by atoms with van der Waals surface area (Å²) in [7, 11) is 1.94. The van der Waals surface area contributed by atoms with Crippen molar-refractivity contribution >= 4 is 5.91 Å². The van der Waals surface area contributed by atoms with Gasteiger partial charge in [0, 0.05) is 20.1 Å². The summed E-state index contributed by atoms with van der Waals surface area (Å²) in [6.45, 7) is 4.84. The number of hydrogen-bond donors (Lipinski definition) is 1. The van der Waals surface area contributed by atoms with Gasteiger partial charge in [-0.05, 0) is 37.3 Å². The van der Waals surface area contributed by atoms with Crippen molar-refractivity contribution in [2.75, 3.05) is 26.7 Å². The summed E-state index contributed by atoms with van der Waals surface area (Å²) < 4.78 is 0. The molecule has 1 aromatic carbocycles. The van der Waals surface area contributed by atoms with Crippen LogP contribution in [-0.2, 0) is 11.2 Å². The molecule has 3 nitrogen and oxygen atoms in total. The molecule has 1 saturated heterocycles.